The normalized spacial score (nSPS) is 15.9. The first kappa shape index (κ1) is 18.8. The van der Waals surface area contributed by atoms with Crippen LogP contribution in [0.2, 0.25) is 0 Å². The molecule has 0 bridgehead atoms. The maximum Gasteiger partial charge on any atom is 0.200 e. The topological polar surface area (TPSA) is 97.0 Å². The zero-order valence-corrected chi connectivity index (χ0v) is 16.5. The van der Waals surface area contributed by atoms with Crippen LogP contribution in [0.15, 0.2) is 38.8 Å². The molecule has 0 saturated carbocycles. The van der Waals surface area contributed by atoms with Gasteiger partial charge in [0.05, 0.1) is 10.9 Å². The summed E-state index contributed by atoms with van der Waals surface area (Å²) in [4.78, 5) is 25.6. The minimum Gasteiger partial charge on any atom is -0.512 e. The summed E-state index contributed by atoms with van der Waals surface area (Å²) < 4.78 is 11.8. The molecule has 6 nitrogen and oxygen atoms in total. The van der Waals surface area contributed by atoms with E-state index < -0.39 is 16.5 Å². The molecule has 2 N–H and O–H groups in total. The van der Waals surface area contributed by atoms with Gasteiger partial charge in [-0.1, -0.05) is 6.58 Å². The van der Waals surface area contributed by atoms with Crippen LogP contribution in [0.4, 0.5) is 0 Å². The predicted octanol–water partition coefficient (Wildman–Crippen LogP) is 3.63. The lowest BCUT2D eigenvalue weighted by Gasteiger charge is -2.27. The first-order valence-corrected chi connectivity index (χ1v) is 9.09. The standard InChI is InChI=1S/C23H20O6/c1-10(2)13-8-14-20(27)18-15(25)9-16-12(6-7-23(4,5)29-16)21(18)28-22(14)17(11(3)24)19(13)26/h6-9,24,27H,1H2,2-5H3/b17-11+. The fourth-order valence-corrected chi connectivity index (χ4v) is 3.61. The van der Waals surface area contributed by atoms with Gasteiger partial charge in [0.1, 0.15) is 33.5 Å². The Hall–Kier alpha value is -3.54. The van der Waals surface area contributed by atoms with Gasteiger partial charge in [0, 0.05) is 11.6 Å². The molecule has 0 spiro atoms. The second-order valence-electron chi connectivity index (χ2n) is 7.85. The number of fused-ring (bicyclic) bond motifs is 4. The summed E-state index contributed by atoms with van der Waals surface area (Å²) in [5, 5.41) is 21.2. The van der Waals surface area contributed by atoms with Crippen molar-refractivity contribution >= 4 is 39.3 Å². The van der Waals surface area contributed by atoms with Crippen molar-refractivity contribution < 1.29 is 19.4 Å². The van der Waals surface area contributed by atoms with Gasteiger partial charge in [-0.15, -0.1) is 0 Å². The molecule has 4 rings (SSSR count). The molecule has 29 heavy (non-hydrogen) atoms. The van der Waals surface area contributed by atoms with Crippen molar-refractivity contribution in [2.24, 2.45) is 0 Å². The van der Waals surface area contributed by atoms with E-state index in [1.807, 2.05) is 19.9 Å². The summed E-state index contributed by atoms with van der Waals surface area (Å²) in [6.07, 6.45) is 3.56. The summed E-state index contributed by atoms with van der Waals surface area (Å²) in [7, 11) is 0. The summed E-state index contributed by atoms with van der Waals surface area (Å²) >= 11 is 0. The molecule has 0 atom stereocenters. The van der Waals surface area contributed by atoms with Crippen LogP contribution < -0.4 is 20.8 Å². The quantitative estimate of drug-likeness (QED) is 0.614. The van der Waals surface area contributed by atoms with Crippen LogP contribution in [-0.4, -0.2) is 15.8 Å². The van der Waals surface area contributed by atoms with Gasteiger partial charge in [-0.3, -0.25) is 9.59 Å². The van der Waals surface area contributed by atoms with Crippen molar-refractivity contribution in [3.8, 4) is 11.5 Å². The average Bonchev–Trinajstić information content (AvgIpc) is 2.59. The molecule has 148 valence electrons. The van der Waals surface area contributed by atoms with E-state index in [9.17, 15) is 19.8 Å². The molecule has 2 heterocycles. The van der Waals surface area contributed by atoms with Crippen LogP contribution in [0.5, 0.6) is 11.5 Å². The highest BCUT2D eigenvalue weighted by Crippen LogP contribution is 2.39. The largest absolute Gasteiger partial charge is 0.512 e. The Labute approximate surface area is 165 Å². The Bertz CT molecular complexity index is 1430. The zero-order chi connectivity index (χ0) is 21.2. The monoisotopic (exact) mass is 392 g/mol. The summed E-state index contributed by atoms with van der Waals surface area (Å²) in [5.41, 5.74) is -0.286. The average molecular weight is 392 g/mol. The highest BCUT2D eigenvalue weighted by Gasteiger charge is 2.27. The maximum absolute atomic E-state index is 12.9. The highest BCUT2D eigenvalue weighted by molar-refractivity contribution is 6.03. The van der Waals surface area contributed by atoms with Gasteiger partial charge in [0.15, 0.2) is 22.0 Å². The van der Waals surface area contributed by atoms with Gasteiger partial charge in [-0.25, -0.2) is 0 Å². The van der Waals surface area contributed by atoms with Crippen LogP contribution in [0, 0.1) is 0 Å². The summed E-state index contributed by atoms with van der Waals surface area (Å²) in [5.74, 6) is -0.257. The Balaban J connectivity index is 2.30. The Kier molecular flexibility index (Phi) is 3.88. The number of aliphatic hydroxyl groups is 1. The van der Waals surface area contributed by atoms with Crippen LogP contribution >= 0.6 is 0 Å². The van der Waals surface area contributed by atoms with Crippen molar-refractivity contribution in [1.29, 1.82) is 0 Å². The molecular weight excluding hydrogens is 372 g/mol. The molecule has 6 heteroatoms. The molecule has 0 unspecified atom stereocenters. The van der Waals surface area contributed by atoms with Crippen molar-refractivity contribution in [2.45, 2.75) is 33.3 Å². The van der Waals surface area contributed by atoms with Crippen LogP contribution in [0.1, 0.15) is 38.8 Å². The van der Waals surface area contributed by atoms with Gasteiger partial charge >= 0.3 is 0 Å². The number of ether oxygens (including phenoxy) is 1. The SMILES string of the molecule is C=C(C)c1cc2c(O)c3c(=O)cc4c(c3oc2/c(=C(\C)O)c1=O)C=CC(C)(C)O4. The van der Waals surface area contributed by atoms with Gasteiger partial charge in [-0.2, -0.15) is 0 Å². The Morgan fingerprint density at radius 1 is 1.14 bits per heavy atom. The molecule has 0 amide bonds. The molecule has 0 aliphatic carbocycles. The molecule has 0 fully saturated rings. The van der Waals surface area contributed by atoms with E-state index in [-0.39, 0.29) is 44.2 Å². The van der Waals surface area contributed by atoms with Crippen molar-refractivity contribution in [3.05, 3.63) is 61.6 Å². The van der Waals surface area contributed by atoms with Crippen molar-refractivity contribution in [1.82, 2.24) is 0 Å². The second-order valence-corrected chi connectivity index (χ2v) is 7.85. The Morgan fingerprint density at radius 3 is 2.45 bits per heavy atom. The van der Waals surface area contributed by atoms with Crippen LogP contribution in [0.25, 0.3) is 39.3 Å². The molecule has 1 aliphatic heterocycles. The Morgan fingerprint density at radius 2 is 1.83 bits per heavy atom. The van der Waals surface area contributed by atoms with Crippen molar-refractivity contribution in [2.75, 3.05) is 0 Å². The maximum atomic E-state index is 12.9. The number of rotatable bonds is 1. The van der Waals surface area contributed by atoms with Gasteiger partial charge in [-0.05, 0) is 51.5 Å². The second kappa shape index (κ2) is 5.98. The lowest BCUT2D eigenvalue weighted by Crippen LogP contribution is -2.30. The van der Waals surface area contributed by atoms with E-state index in [1.165, 1.54) is 19.1 Å². The first-order chi connectivity index (χ1) is 13.5. The minimum atomic E-state index is -0.606. The molecular formula is C23H20O6. The highest BCUT2D eigenvalue weighted by atomic mass is 16.5. The third-order valence-electron chi connectivity index (χ3n) is 5.02. The van der Waals surface area contributed by atoms with E-state index in [0.29, 0.717) is 16.9 Å². The smallest absolute Gasteiger partial charge is 0.200 e. The van der Waals surface area contributed by atoms with Crippen LogP contribution in [0.3, 0.4) is 0 Å². The first-order valence-electron chi connectivity index (χ1n) is 9.09. The number of allylic oxidation sites excluding steroid dienone is 1. The summed E-state index contributed by atoms with van der Waals surface area (Å²) in [6, 6.07) is 2.75. The number of benzene rings is 2. The minimum absolute atomic E-state index is 0.00367. The lowest BCUT2D eigenvalue weighted by molar-refractivity contribution is 0.159. The summed E-state index contributed by atoms with van der Waals surface area (Å²) in [6.45, 7) is 10.5. The van der Waals surface area contributed by atoms with Gasteiger partial charge < -0.3 is 19.4 Å². The third-order valence-corrected chi connectivity index (χ3v) is 5.02. The fourth-order valence-electron chi connectivity index (χ4n) is 3.61. The van der Waals surface area contributed by atoms with Crippen LogP contribution in [-0.2, 0) is 0 Å². The lowest BCUT2D eigenvalue weighted by atomic mass is 9.98. The van der Waals surface area contributed by atoms with E-state index in [0.717, 1.165) is 0 Å². The molecule has 2 aromatic carbocycles. The van der Waals surface area contributed by atoms with Gasteiger partial charge in [0.25, 0.3) is 0 Å². The molecule has 1 aromatic heterocycles. The third kappa shape index (κ3) is 2.71. The van der Waals surface area contributed by atoms with E-state index in [1.54, 1.807) is 13.0 Å². The number of aromatic hydroxyl groups is 1. The zero-order valence-electron chi connectivity index (χ0n) is 16.5. The molecule has 0 saturated heterocycles. The molecule has 1 aliphatic rings. The van der Waals surface area contributed by atoms with E-state index in [2.05, 4.69) is 6.58 Å². The molecule has 0 radical (unpaired) electrons. The number of hydrogen-bond acceptors (Lipinski definition) is 6. The number of hydrogen-bond donors (Lipinski definition) is 2. The van der Waals surface area contributed by atoms with E-state index >= 15 is 0 Å². The van der Waals surface area contributed by atoms with Crippen molar-refractivity contribution in [3.63, 3.8) is 0 Å². The van der Waals surface area contributed by atoms with Gasteiger partial charge in [0.2, 0.25) is 0 Å². The predicted molar refractivity (Wildman–Crippen MR) is 113 cm³/mol. The fraction of sp³-hybridized carbons (Fsp3) is 0.217. The number of aliphatic hydroxyl groups excluding tert-OH is 1. The van der Waals surface area contributed by atoms with E-state index in [4.69, 9.17) is 9.15 Å². The molecule has 3 aromatic rings.